The molecule has 0 amide bonds. The lowest BCUT2D eigenvalue weighted by atomic mass is 10.1. The largest absolute Gasteiger partial charge is 0.480 e. The standard InChI is InChI=1S/C11H10FNO2S/c12-7-2-1-3-9-10(7)6(5-16-9)4-8(13)11(14)15/h1-3,5,8H,4,13H2,(H,14,15)/t8-/m0/s1. The molecule has 1 atom stereocenters. The van der Waals surface area contributed by atoms with E-state index in [0.717, 1.165) is 4.70 Å². The molecule has 0 unspecified atom stereocenters. The summed E-state index contributed by atoms with van der Waals surface area (Å²) in [6, 6.07) is 3.82. The van der Waals surface area contributed by atoms with E-state index in [-0.39, 0.29) is 12.2 Å². The first kappa shape index (κ1) is 11.0. The van der Waals surface area contributed by atoms with E-state index in [2.05, 4.69) is 0 Å². The maximum Gasteiger partial charge on any atom is 0.320 e. The molecule has 1 aromatic carbocycles. The van der Waals surface area contributed by atoms with E-state index in [1.807, 2.05) is 0 Å². The van der Waals surface area contributed by atoms with Gasteiger partial charge >= 0.3 is 5.97 Å². The van der Waals surface area contributed by atoms with Gasteiger partial charge in [-0.05, 0) is 29.5 Å². The number of benzene rings is 1. The molecule has 0 aliphatic rings. The van der Waals surface area contributed by atoms with Crippen LogP contribution in [-0.4, -0.2) is 17.1 Å². The second-order valence-electron chi connectivity index (χ2n) is 3.52. The summed E-state index contributed by atoms with van der Waals surface area (Å²) in [5.41, 5.74) is 6.09. The molecule has 0 radical (unpaired) electrons. The molecule has 1 heterocycles. The van der Waals surface area contributed by atoms with E-state index in [9.17, 15) is 9.18 Å². The highest BCUT2D eigenvalue weighted by Gasteiger charge is 2.16. The number of rotatable bonds is 3. The smallest absolute Gasteiger partial charge is 0.320 e. The fraction of sp³-hybridized carbons (Fsp3) is 0.182. The van der Waals surface area contributed by atoms with E-state index in [1.165, 1.54) is 17.4 Å². The summed E-state index contributed by atoms with van der Waals surface area (Å²) in [5.74, 6) is -1.40. The first-order valence-corrected chi connectivity index (χ1v) is 5.60. The van der Waals surface area contributed by atoms with Crippen molar-refractivity contribution in [3.8, 4) is 0 Å². The molecule has 1 aromatic heterocycles. The van der Waals surface area contributed by atoms with E-state index in [4.69, 9.17) is 10.8 Å². The highest BCUT2D eigenvalue weighted by molar-refractivity contribution is 7.17. The normalized spacial score (nSPS) is 12.9. The van der Waals surface area contributed by atoms with Crippen LogP contribution in [0.5, 0.6) is 0 Å². The molecule has 2 aromatic rings. The van der Waals surface area contributed by atoms with Gasteiger partial charge in [-0.3, -0.25) is 4.79 Å². The lowest BCUT2D eigenvalue weighted by Crippen LogP contribution is -2.32. The van der Waals surface area contributed by atoms with Crippen molar-refractivity contribution in [2.45, 2.75) is 12.5 Å². The number of nitrogens with two attached hydrogens (primary N) is 1. The molecule has 84 valence electrons. The third-order valence-corrected chi connectivity index (χ3v) is 3.38. The lowest BCUT2D eigenvalue weighted by molar-refractivity contribution is -0.138. The minimum atomic E-state index is -1.07. The van der Waals surface area contributed by atoms with Gasteiger partial charge in [0, 0.05) is 10.1 Å². The highest BCUT2D eigenvalue weighted by atomic mass is 32.1. The number of hydrogen-bond acceptors (Lipinski definition) is 3. The summed E-state index contributed by atoms with van der Waals surface area (Å²) in [6.07, 6.45) is 0.149. The summed E-state index contributed by atoms with van der Waals surface area (Å²) < 4.78 is 14.4. The van der Waals surface area contributed by atoms with Gasteiger partial charge in [-0.1, -0.05) is 6.07 Å². The zero-order chi connectivity index (χ0) is 11.7. The number of fused-ring (bicyclic) bond motifs is 1. The lowest BCUT2D eigenvalue weighted by Gasteiger charge is -2.05. The van der Waals surface area contributed by atoms with Gasteiger partial charge in [0.05, 0.1) is 0 Å². The quantitative estimate of drug-likeness (QED) is 0.861. The van der Waals surface area contributed by atoms with Crippen LogP contribution in [-0.2, 0) is 11.2 Å². The first-order chi connectivity index (χ1) is 7.59. The van der Waals surface area contributed by atoms with Crippen LogP contribution >= 0.6 is 11.3 Å². The van der Waals surface area contributed by atoms with Gasteiger partial charge in [-0.15, -0.1) is 11.3 Å². The third-order valence-electron chi connectivity index (χ3n) is 2.38. The molecule has 3 nitrogen and oxygen atoms in total. The Morgan fingerprint density at radius 1 is 1.56 bits per heavy atom. The Labute approximate surface area is 95.3 Å². The summed E-state index contributed by atoms with van der Waals surface area (Å²) in [4.78, 5) is 10.6. The van der Waals surface area contributed by atoms with Crippen molar-refractivity contribution in [1.29, 1.82) is 0 Å². The number of halogens is 1. The van der Waals surface area contributed by atoms with Crippen molar-refractivity contribution in [3.05, 3.63) is 35.0 Å². The van der Waals surface area contributed by atoms with Crippen LogP contribution in [0.4, 0.5) is 4.39 Å². The average molecular weight is 239 g/mol. The second-order valence-corrected chi connectivity index (χ2v) is 4.43. The number of aliphatic carboxylic acids is 1. The second kappa shape index (κ2) is 4.19. The monoisotopic (exact) mass is 239 g/mol. The average Bonchev–Trinajstić information content (AvgIpc) is 2.63. The van der Waals surface area contributed by atoms with Gasteiger partial charge in [0.25, 0.3) is 0 Å². The topological polar surface area (TPSA) is 63.3 Å². The van der Waals surface area contributed by atoms with Crippen LogP contribution in [0.1, 0.15) is 5.56 Å². The van der Waals surface area contributed by atoms with E-state index >= 15 is 0 Å². The molecular formula is C11H10FNO2S. The van der Waals surface area contributed by atoms with E-state index < -0.39 is 12.0 Å². The van der Waals surface area contributed by atoms with Crippen molar-refractivity contribution in [2.24, 2.45) is 5.73 Å². The number of carbonyl (C=O) groups is 1. The predicted molar refractivity (Wildman–Crippen MR) is 61.1 cm³/mol. The SMILES string of the molecule is N[C@@H](Cc1csc2cccc(F)c12)C(=O)O. The maximum atomic E-state index is 13.5. The molecular weight excluding hydrogens is 229 g/mol. The van der Waals surface area contributed by atoms with E-state index in [1.54, 1.807) is 17.5 Å². The molecule has 0 saturated heterocycles. The van der Waals surface area contributed by atoms with Crippen LogP contribution < -0.4 is 5.73 Å². The Morgan fingerprint density at radius 2 is 2.31 bits per heavy atom. The van der Waals surface area contributed by atoms with Crippen LogP contribution in [0, 0.1) is 5.82 Å². The molecule has 5 heteroatoms. The van der Waals surface area contributed by atoms with Crippen molar-refractivity contribution in [3.63, 3.8) is 0 Å². The minimum Gasteiger partial charge on any atom is -0.480 e. The number of thiophene rings is 1. The zero-order valence-electron chi connectivity index (χ0n) is 8.31. The zero-order valence-corrected chi connectivity index (χ0v) is 9.13. The van der Waals surface area contributed by atoms with Crippen molar-refractivity contribution >= 4 is 27.4 Å². The van der Waals surface area contributed by atoms with Gasteiger partial charge in [-0.25, -0.2) is 4.39 Å². The molecule has 3 N–H and O–H groups in total. The van der Waals surface area contributed by atoms with Crippen molar-refractivity contribution in [2.75, 3.05) is 0 Å². The van der Waals surface area contributed by atoms with E-state index in [0.29, 0.717) is 10.9 Å². The van der Waals surface area contributed by atoms with Crippen molar-refractivity contribution in [1.82, 2.24) is 0 Å². The van der Waals surface area contributed by atoms with Crippen LogP contribution in [0.15, 0.2) is 23.6 Å². The fourth-order valence-electron chi connectivity index (χ4n) is 1.58. The summed E-state index contributed by atoms with van der Waals surface area (Å²) >= 11 is 1.39. The van der Waals surface area contributed by atoms with Crippen LogP contribution in [0.3, 0.4) is 0 Å². The molecule has 0 aliphatic heterocycles. The Kier molecular flexibility index (Phi) is 2.89. The van der Waals surface area contributed by atoms with Gasteiger partial charge in [0.1, 0.15) is 11.9 Å². The maximum absolute atomic E-state index is 13.5. The van der Waals surface area contributed by atoms with Crippen LogP contribution in [0.25, 0.3) is 10.1 Å². The fourth-order valence-corrected chi connectivity index (χ4v) is 2.57. The van der Waals surface area contributed by atoms with Gasteiger partial charge in [0.2, 0.25) is 0 Å². The van der Waals surface area contributed by atoms with Crippen LogP contribution in [0.2, 0.25) is 0 Å². The molecule has 0 fully saturated rings. The van der Waals surface area contributed by atoms with Gasteiger partial charge in [0.15, 0.2) is 0 Å². The Bertz CT molecular complexity index is 538. The number of hydrogen-bond donors (Lipinski definition) is 2. The number of carboxylic acid groups (broad SMARTS) is 1. The minimum absolute atomic E-state index is 0.149. The summed E-state index contributed by atoms with van der Waals surface area (Å²) in [7, 11) is 0. The van der Waals surface area contributed by atoms with Crippen molar-refractivity contribution < 1.29 is 14.3 Å². The Morgan fingerprint density at radius 3 is 3.00 bits per heavy atom. The summed E-state index contributed by atoms with van der Waals surface area (Å²) in [6.45, 7) is 0. The highest BCUT2D eigenvalue weighted by Crippen LogP contribution is 2.28. The molecule has 2 rings (SSSR count). The molecule has 0 saturated carbocycles. The molecule has 0 aliphatic carbocycles. The predicted octanol–water partition coefficient (Wildman–Crippen LogP) is 1.99. The summed E-state index contributed by atoms with van der Waals surface area (Å²) in [5, 5.41) is 11.0. The number of carboxylic acids is 1. The third kappa shape index (κ3) is 1.91. The first-order valence-electron chi connectivity index (χ1n) is 4.72. The molecule has 16 heavy (non-hydrogen) atoms. The molecule has 0 spiro atoms. The Balaban J connectivity index is 2.42. The van der Waals surface area contributed by atoms with Gasteiger partial charge < -0.3 is 10.8 Å². The Hall–Kier alpha value is -1.46. The molecule has 0 bridgehead atoms. The van der Waals surface area contributed by atoms with Gasteiger partial charge in [-0.2, -0.15) is 0 Å².